The summed E-state index contributed by atoms with van der Waals surface area (Å²) in [5.41, 5.74) is 0.831. The van der Waals surface area contributed by atoms with Gasteiger partial charge in [-0.3, -0.25) is 4.79 Å². The Bertz CT molecular complexity index is 753. The summed E-state index contributed by atoms with van der Waals surface area (Å²) < 4.78 is 5.33. The largest absolute Gasteiger partial charge is 0.355 e. The Hall–Kier alpha value is -2.44. The first-order valence-corrected chi connectivity index (χ1v) is 9.02. The number of aromatic nitrogens is 3. The van der Waals surface area contributed by atoms with Crippen LogP contribution < -0.4 is 4.90 Å². The van der Waals surface area contributed by atoms with Crippen molar-refractivity contribution in [1.82, 2.24) is 20.0 Å². The zero-order valence-electron chi connectivity index (χ0n) is 14.5. The van der Waals surface area contributed by atoms with Gasteiger partial charge in [0.25, 0.3) is 5.89 Å². The molecule has 2 aromatic heterocycles. The molecule has 2 aliphatic heterocycles. The van der Waals surface area contributed by atoms with Crippen LogP contribution >= 0.6 is 0 Å². The molecule has 7 nitrogen and oxygen atoms in total. The summed E-state index contributed by atoms with van der Waals surface area (Å²) >= 11 is 0. The SMILES string of the molecule is Cc1noc(-c2cccnc2N2CCCC(C(=O)N3CCCC3)C2)n1. The van der Waals surface area contributed by atoms with Crippen LogP contribution in [-0.2, 0) is 4.79 Å². The zero-order valence-corrected chi connectivity index (χ0v) is 14.5. The quantitative estimate of drug-likeness (QED) is 0.852. The van der Waals surface area contributed by atoms with Crippen LogP contribution in [0.5, 0.6) is 0 Å². The number of hydrogen-bond acceptors (Lipinski definition) is 6. The molecule has 7 heteroatoms. The van der Waals surface area contributed by atoms with E-state index < -0.39 is 0 Å². The molecule has 0 aliphatic carbocycles. The fraction of sp³-hybridized carbons (Fsp3) is 0.556. The third-order valence-electron chi connectivity index (χ3n) is 5.03. The van der Waals surface area contributed by atoms with Crippen molar-refractivity contribution in [1.29, 1.82) is 0 Å². The van der Waals surface area contributed by atoms with Crippen LogP contribution in [0.3, 0.4) is 0 Å². The van der Waals surface area contributed by atoms with Crippen molar-refractivity contribution >= 4 is 11.7 Å². The number of anilines is 1. The maximum absolute atomic E-state index is 12.8. The van der Waals surface area contributed by atoms with E-state index in [0.29, 0.717) is 24.2 Å². The van der Waals surface area contributed by atoms with Crippen molar-refractivity contribution in [2.24, 2.45) is 5.92 Å². The first-order chi connectivity index (χ1) is 12.2. The first-order valence-electron chi connectivity index (χ1n) is 9.02. The van der Waals surface area contributed by atoms with Gasteiger partial charge in [0.2, 0.25) is 5.91 Å². The molecule has 1 amide bonds. The van der Waals surface area contributed by atoms with Gasteiger partial charge < -0.3 is 14.3 Å². The Morgan fingerprint density at radius 3 is 2.84 bits per heavy atom. The number of aryl methyl sites for hydroxylation is 1. The predicted molar refractivity (Wildman–Crippen MR) is 93.0 cm³/mol. The minimum atomic E-state index is 0.0473. The second-order valence-electron chi connectivity index (χ2n) is 6.84. The van der Waals surface area contributed by atoms with E-state index in [9.17, 15) is 4.79 Å². The smallest absolute Gasteiger partial charge is 0.261 e. The van der Waals surface area contributed by atoms with E-state index in [4.69, 9.17) is 4.52 Å². The fourth-order valence-electron chi connectivity index (χ4n) is 3.79. The number of piperidine rings is 1. The third-order valence-corrected chi connectivity index (χ3v) is 5.03. The van der Waals surface area contributed by atoms with Gasteiger partial charge in [0.1, 0.15) is 5.82 Å². The van der Waals surface area contributed by atoms with Gasteiger partial charge in [-0.05, 0) is 44.7 Å². The molecule has 0 N–H and O–H groups in total. The number of nitrogens with zero attached hydrogens (tertiary/aromatic N) is 5. The zero-order chi connectivity index (χ0) is 17.2. The lowest BCUT2D eigenvalue weighted by Gasteiger charge is -2.35. The summed E-state index contributed by atoms with van der Waals surface area (Å²) in [6.07, 6.45) is 5.97. The molecular formula is C18H23N5O2. The van der Waals surface area contributed by atoms with Gasteiger partial charge in [0.15, 0.2) is 5.82 Å². The van der Waals surface area contributed by atoms with E-state index in [1.807, 2.05) is 17.0 Å². The summed E-state index contributed by atoms with van der Waals surface area (Å²) in [6, 6.07) is 3.82. The molecule has 0 spiro atoms. The van der Waals surface area contributed by atoms with E-state index in [1.165, 1.54) is 0 Å². The van der Waals surface area contributed by atoms with Crippen molar-refractivity contribution in [3.8, 4) is 11.5 Å². The van der Waals surface area contributed by atoms with E-state index in [1.54, 1.807) is 13.1 Å². The standard InChI is InChI=1S/C18H23N5O2/c1-13-20-17(25-21-13)15-7-4-8-19-16(15)23-11-5-6-14(12-23)18(24)22-9-2-3-10-22/h4,7-8,14H,2-3,5-6,9-12H2,1H3. The van der Waals surface area contributed by atoms with Gasteiger partial charge in [-0.25, -0.2) is 4.98 Å². The Morgan fingerprint density at radius 2 is 2.08 bits per heavy atom. The predicted octanol–water partition coefficient (Wildman–Crippen LogP) is 2.28. The van der Waals surface area contributed by atoms with Crippen LogP contribution in [0.15, 0.2) is 22.9 Å². The van der Waals surface area contributed by atoms with Crippen LogP contribution in [0.25, 0.3) is 11.5 Å². The Labute approximate surface area is 147 Å². The summed E-state index contributed by atoms with van der Waals surface area (Å²) in [7, 11) is 0. The van der Waals surface area contributed by atoms with Gasteiger partial charge in [0.05, 0.1) is 11.5 Å². The van der Waals surface area contributed by atoms with Crippen molar-refractivity contribution in [2.45, 2.75) is 32.6 Å². The highest BCUT2D eigenvalue weighted by atomic mass is 16.5. The highest BCUT2D eigenvalue weighted by molar-refractivity contribution is 5.80. The first kappa shape index (κ1) is 16.1. The van der Waals surface area contributed by atoms with Crippen LogP contribution in [0, 0.1) is 12.8 Å². The normalized spacial score (nSPS) is 20.9. The summed E-state index contributed by atoms with van der Waals surface area (Å²) in [4.78, 5) is 25.9. The molecule has 1 atom stereocenters. The number of pyridine rings is 1. The summed E-state index contributed by atoms with van der Waals surface area (Å²) in [5, 5.41) is 3.88. The van der Waals surface area contributed by atoms with Crippen molar-refractivity contribution in [3.05, 3.63) is 24.2 Å². The minimum absolute atomic E-state index is 0.0473. The maximum Gasteiger partial charge on any atom is 0.261 e. The molecule has 25 heavy (non-hydrogen) atoms. The Kier molecular flexibility index (Phi) is 4.38. The third kappa shape index (κ3) is 3.23. The van der Waals surface area contributed by atoms with Gasteiger partial charge in [-0.15, -0.1) is 0 Å². The van der Waals surface area contributed by atoms with Gasteiger partial charge in [0, 0.05) is 32.4 Å². The van der Waals surface area contributed by atoms with Crippen molar-refractivity contribution in [3.63, 3.8) is 0 Å². The number of amides is 1. The molecule has 132 valence electrons. The lowest BCUT2D eigenvalue weighted by molar-refractivity contribution is -0.134. The number of hydrogen-bond donors (Lipinski definition) is 0. The van der Waals surface area contributed by atoms with Crippen molar-refractivity contribution < 1.29 is 9.32 Å². The van der Waals surface area contributed by atoms with Crippen LogP contribution in [0.4, 0.5) is 5.82 Å². The molecule has 0 aromatic carbocycles. The van der Waals surface area contributed by atoms with Crippen LogP contribution in [0.2, 0.25) is 0 Å². The number of carbonyl (C=O) groups is 1. The maximum atomic E-state index is 12.8. The Morgan fingerprint density at radius 1 is 1.24 bits per heavy atom. The number of carbonyl (C=O) groups excluding carboxylic acids is 1. The second kappa shape index (κ2) is 6.82. The molecule has 4 heterocycles. The summed E-state index contributed by atoms with van der Waals surface area (Å²) in [5.74, 6) is 2.25. The average Bonchev–Trinajstić information content (AvgIpc) is 3.33. The van der Waals surface area contributed by atoms with Gasteiger partial charge in [-0.1, -0.05) is 5.16 Å². The molecule has 0 radical (unpaired) electrons. The molecular weight excluding hydrogens is 318 g/mol. The lowest BCUT2D eigenvalue weighted by atomic mass is 9.96. The van der Waals surface area contributed by atoms with Gasteiger partial charge >= 0.3 is 0 Å². The highest BCUT2D eigenvalue weighted by Gasteiger charge is 2.32. The number of rotatable bonds is 3. The second-order valence-corrected chi connectivity index (χ2v) is 6.84. The van der Waals surface area contributed by atoms with Crippen molar-refractivity contribution in [2.75, 3.05) is 31.1 Å². The molecule has 0 bridgehead atoms. The molecule has 2 aliphatic rings. The van der Waals surface area contributed by atoms with E-state index in [0.717, 1.165) is 56.7 Å². The molecule has 1 unspecified atom stereocenters. The highest BCUT2D eigenvalue weighted by Crippen LogP contribution is 2.31. The topological polar surface area (TPSA) is 75.4 Å². The monoisotopic (exact) mass is 341 g/mol. The molecule has 2 fully saturated rings. The van der Waals surface area contributed by atoms with E-state index in [-0.39, 0.29) is 5.92 Å². The minimum Gasteiger partial charge on any atom is -0.355 e. The average molecular weight is 341 g/mol. The fourth-order valence-corrected chi connectivity index (χ4v) is 3.79. The van der Waals surface area contributed by atoms with Crippen LogP contribution in [-0.4, -0.2) is 52.1 Å². The lowest BCUT2D eigenvalue weighted by Crippen LogP contribution is -2.44. The number of likely N-dealkylation sites (tertiary alicyclic amines) is 1. The molecule has 2 saturated heterocycles. The van der Waals surface area contributed by atoms with E-state index in [2.05, 4.69) is 20.0 Å². The molecule has 0 saturated carbocycles. The molecule has 4 rings (SSSR count). The molecule has 2 aromatic rings. The van der Waals surface area contributed by atoms with Gasteiger partial charge in [-0.2, -0.15) is 4.98 Å². The summed E-state index contributed by atoms with van der Waals surface area (Å²) in [6.45, 7) is 5.21. The Balaban J connectivity index is 1.56. The van der Waals surface area contributed by atoms with Crippen LogP contribution in [0.1, 0.15) is 31.5 Å². The van der Waals surface area contributed by atoms with E-state index >= 15 is 0 Å².